The van der Waals surface area contributed by atoms with Crippen molar-refractivity contribution in [3.05, 3.63) is 21.8 Å². The Kier molecular flexibility index (Phi) is 2.83. The van der Waals surface area contributed by atoms with Gasteiger partial charge >= 0.3 is 0 Å². The van der Waals surface area contributed by atoms with Gasteiger partial charge in [-0.1, -0.05) is 11.3 Å². The fraction of sp³-hybridized carbons (Fsp3) is 0.200. The van der Waals surface area contributed by atoms with E-state index in [0.717, 1.165) is 14.3 Å². The van der Waals surface area contributed by atoms with Gasteiger partial charge in [0.25, 0.3) is 0 Å². The first-order valence-electron chi connectivity index (χ1n) is 4.32. The Morgan fingerprint density at radius 1 is 1.50 bits per heavy atom. The van der Waals surface area contributed by atoms with Gasteiger partial charge in [0.05, 0.1) is 6.61 Å². The van der Waals surface area contributed by atoms with Gasteiger partial charge in [0.15, 0.2) is 5.06 Å². The lowest BCUT2D eigenvalue weighted by atomic mass is 10.2. The van der Waals surface area contributed by atoms with E-state index in [4.69, 9.17) is 10.5 Å². The van der Waals surface area contributed by atoms with Gasteiger partial charge in [-0.25, -0.2) is 0 Å². The van der Waals surface area contributed by atoms with Gasteiger partial charge in [-0.15, -0.1) is 0 Å². The molecule has 0 saturated carbocycles. The van der Waals surface area contributed by atoms with E-state index >= 15 is 0 Å². The minimum absolute atomic E-state index is 0.707. The maximum Gasteiger partial charge on any atom is 0.174 e. The van der Waals surface area contributed by atoms with Crippen LogP contribution in [0.4, 0.5) is 5.69 Å². The molecule has 14 heavy (non-hydrogen) atoms. The van der Waals surface area contributed by atoms with Crippen LogP contribution in [-0.4, -0.2) is 6.61 Å². The van der Waals surface area contributed by atoms with Gasteiger partial charge in [-0.05, 0) is 41.6 Å². The van der Waals surface area contributed by atoms with E-state index in [1.165, 1.54) is 10.1 Å². The monoisotopic (exact) mass is 319 g/mol. The zero-order valence-corrected chi connectivity index (χ0v) is 10.7. The topological polar surface area (TPSA) is 35.2 Å². The number of thiophene rings is 1. The van der Waals surface area contributed by atoms with Crippen molar-refractivity contribution in [2.24, 2.45) is 0 Å². The summed E-state index contributed by atoms with van der Waals surface area (Å²) in [6.07, 6.45) is 0. The summed E-state index contributed by atoms with van der Waals surface area (Å²) >= 11 is 3.93. The van der Waals surface area contributed by atoms with Gasteiger partial charge in [0, 0.05) is 25.4 Å². The van der Waals surface area contributed by atoms with E-state index in [-0.39, 0.29) is 0 Å². The SMILES string of the molecule is CCOc1cc2c(I)c(N)ccc2s1. The third-order valence-electron chi connectivity index (χ3n) is 1.93. The van der Waals surface area contributed by atoms with E-state index < -0.39 is 0 Å². The summed E-state index contributed by atoms with van der Waals surface area (Å²) in [5, 5.41) is 2.16. The van der Waals surface area contributed by atoms with Crippen molar-refractivity contribution in [2.45, 2.75) is 6.92 Å². The normalized spacial score (nSPS) is 10.7. The summed E-state index contributed by atoms with van der Waals surface area (Å²) in [4.78, 5) is 0. The quantitative estimate of drug-likeness (QED) is 0.679. The van der Waals surface area contributed by atoms with Crippen molar-refractivity contribution in [3.8, 4) is 5.06 Å². The highest BCUT2D eigenvalue weighted by Gasteiger charge is 2.07. The average molecular weight is 319 g/mol. The first kappa shape index (κ1) is 10.0. The Hall–Kier alpha value is -0.490. The highest BCUT2D eigenvalue weighted by atomic mass is 127. The summed E-state index contributed by atoms with van der Waals surface area (Å²) in [6, 6.07) is 6.04. The number of rotatable bonds is 2. The van der Waals surface area contributed by atoms with Crippen molar-refractivity contribution < 1.29 is 4.74 Å². The number of ether oxygens (including phenoxy) is 1. The summed E-state index contributed by atoms with van der Waals surface area (Å²) in [5.74, 6) is 0. The second-order valence-corrected chi connectivity index (χ2v) is 5.00. The van der Waals surface area contributed by atoms with Crippen LogP contribution < -0.4 is 10.5 Å². The van der Waals surface area contributed by atoms with Gasteiger partial charge in [-0.2, -0.15) is 0 Å². The molecular weight excluding hydrogens is 309 g/mol. The fourth-order valence-electron chi connectivity index (χ4n) is 1.28. The standard InChI is InChI=1S/C10H10INOS/c1-2-13-9-5-6-8(14-9)4-3-7(12)10(6)11/h3-5H,2,12H2,1H3. The minimum Gasteiger partial charge on any atom is -0.484 e. The molecule has 0 aliphatic heterocycles. The molecule has 0 atom stereocenters. The average Bonchev–Trinajstić information content (AvgIpc) is 2.56. The Labute approximate surface area is 100 Å². The number of anilines is 1. The number of nitrogen functional groups attached to an aromatic ring is 1. The molecule has 0 aliphatic rings. The molecule has 2 N–H and O–H groups in total. The molecule has 0 aliphatic carbocycles. The second kappa shape index (κ2) is 3.94. The molecular formula is C10H10INOS. The van der Waals surface area contributed by atoms with Gasteiger partial charge in [0.1, 0.15) is 0 Å². The van der Waals surface area contributed by atoms with Crippen LogP contribution in [0.1, 0.15) is 6.92 Å². The lowest BCUT2D eigenvalue weighted by molar-refractivity contribution is 0.350. The molecule has 0 fully saturated rings. The molecule has 1 heterocycles. The maximum atomic E-state index is 5.83. The molecule has 0 unspecified atom stereocenters. The molecule has 1 aromatic carbocycles. The molecule has 1 aromatic heterocycles. The van der Waals surface area contributed by atoms with E-state index in [1.54, 1.807) is 11.3 Å². The van der Waals surface area contributed by atoms with Gasteiger partial charge in [-0.3, -0.25) is 0 Å². The number of benzene rings is 1. The molecule has 4 heteroatoms. The maximum absolute atomic E-state index is 5.83. The molecule has 2 aromatic rings. The Bertz CT molecular complexity index is 466. The Morgan fingerprint density at radius 2 is 2.29 bits per heavy atom. The smallest absolute Gasteiger partial charge is 0.174 e. The summed E-state index contributed by atoms with van der Waals surface area (Å²) in [7, 11) is 0. The van der Waals surface area contributed by atoms with Gasteiger partial charge < -0.3 is 10.5 Å². The van der Waals surface area contributed by atoms with Gasteiger partial charge in [0.2, 0.25) is 0 Å². The van der Waals surface area contributed by atoms with Crippen LogP contribution in [-0.2, 0) is 0 Å². The van der Waals surface area contributed by atoms with Crippen LogP contribution in [0.2, 0.25) is 0 Å². The first-order valence-corrected chi connectivity index (χ1v) is 6.22. The largest absolute Gasteiger partial charge is 0.484 e. The second-order valence-electron chi connectivity index (χ2n) is 2.88. The van der Waals surface area contributed by atoms with Crippen molar-refractivity contribution in [2.75, 3.05) is 12.3 Å². The lowest BCUT2D eigenvalue weighted by Gasteiger charge is -1.97. The van der Waals surface area contributed by atoms with Crippen molar-refractivity contribution in [1.29, 1.82) is 0 Å². The van der Waals surface area contributed by atoms with Crippen molar-refractivity contribution in [3.63, 3.8) is 0 Å². The van der Waals surface area contributed by atoms with Crippen LogP contribution in [0.5, 0.6) is 5.06 Å². The molecule has 2 rings (SSSR count). The fourth-order valence-corrected chi connectivity index (χ4v) is 3.07. The zero-order chi connectivity index (χ0) is 10.1. The van der Waals surface area contributed by atoms with E-state index in [1.807, 2.05) is 19.1 Å². The highest BCUT2D eigenvalue weighted by Crippen LogP contribution is 2.36. The van der Waals surface area contributed by atoms with Crippen molar-refractivity contribution >= 4 is 49.7 Å². The Balaban J connectivity index is 2.59. The highest BCUT2D eigenvalue weighted by molar-refractivity contribution is 14.1. The number of halogens is 1. The molecule has 0 radical (unpaired) electrons. The lowest BCUT2D eigenvalue weighted by Crippen LogP contribution is -1.88. The summed E-state index contributed by atoms with van der Waals surface area (Å²) in [5.41, 5.74) is 6.66. The molecule has 0 saturated heterocycles. The Morgan fingerprint density at radius 3 is 3.00 bits per heavy atom. The molecule has 74 valence electrons. The molecule has 0 amide bonds. The van der Waals surface area contributed by atoms with Crippen LogP contribution in [0.3, 0.4) is 0 Å². The molecule has 0 spiro atoms. The number of nitrogens with two attached hydrogens (primary N) is 1. The first-order chi connectivity index (χ1) is 6.72. The molecule has 2 nitrogen and oxygen atoms in total. The summed E-state index contributed by atoms with van der Waals surface area (Å²) < 4.78 is 7.80. The summed E-state index contributed by atoms with van der Waals surface area (Å²) in [6.45, 7) is 2.70. The zero-order valence-electron chi connectivity index (χ0n) is 7.71. The predicted octanol–water partition coefficient (Wildman–Crippen LogP) is 3.49. The van der Waals surface area contributed by atoms with E-state index in [9.17, 15) is 0 Å². The van der Waals surface area contributed by atoms with E-state index in [2.05, 4.69) is 28.7 Å². The van der Waals surface area contributed by atoms with Crippen LogP contribution in [0.15, 0.2) is 18.2 Å². The number of hydrogen-bond acceptors (Lipinski definition) is 3. The van der Waals surface area contributed by atoms with E-state index in [0.29, 0.717) is 6.61 Å². The molecule has 0 bridgehead atoms. The van der Waals surface area contributed by atoms with Crippen molar-refractivity contribution in [1.82, 2.24) is 0 Å². The van der Waals surface area contributed by atoms with Crippen LogP contribution in [0.25, 0.3) is 10.1 Å². The van der Waals surface area contributed by atoms with Crippen LogP contribution in [0, 0.1) is 3.57 Å². The predicted molar refractivity (Wildman–Crippen MR) is 70.1 cm³/mol. The number of hydrogen-bond donors (Lipinski definition) is 1. The number of fused-ring (bicyclic) bond motifs is 1. The minimum atomic E-state index is 0.707. The third-order valence-corrected chi connectivity index (χ3v) is 4.15. The van der Waals surface area contributed by atoms with Crippen LogP contribution >= 0.6 is 33.9 Å². The third kappa shape index (κ3) is 1.68.